The topological polar surface area (TPSA) is 79.8 Å². The average molecular weight is 345 g/mol. The number of hydrogen-bond donors (Lipinski definition) is 2. The zero-order valence-electron chi connectivity index (χ0n) is 14.4. The van der Waals surface area contributed by atoms with Crippen molar-refractivity contribution in [2.24, 2.45) is 5.92 Å². The summed E-state index contributed by atoms with van der Waals surface area (Å²) in [6.45, 7) is 1.98. The first kappa shape index (κ1) is 16.2. The number of carbonyl (C=O) groups is 1. The molecule has 130 valence electrons. The van der Waals surface area contributed by atoms with E-state index in [1.165, 1.54) is 0 Å². The highest BCUT2D eigenvalue weighted by molar-refractivity contribution is 6.04. The van der Waals surface area contributed by atoms with Crippen LogP contribution in [0.5, 0.6) is 0 Å². The molecule has 0 atom stereocenters. The van der Waals surface area contributed by atoms with Gasteiger partial charge in [0, 0.05) is 30.6 Å². The summed E-state index contributed by atoms with van der Waals surface area (Å²) in [6.07, 6.45) is 6.98. The molecule has 0 amide bonds. The van der Waals surface area contributed by atoms with E-state index in [4.69, 9.17) is 0 Å². The zero-order valence-corrected chi connectivity index (χ0v) is 14.4. The van der Waals surface area contributed by atoms with E-state index in [-0.39, 0.29) is 11.7 Å². The normalized spacial score (nSPS) is 13.3. The molecule has 3 aromatic rings. The Labute approximate surface area is 151 Å². The van der Waals surface area contributed by atoms with Gasteiger partial charge in [0.15, 0.2) is 5.78 Å². The van der Waals surface area contributed by atoms with Gasteiger partial charge < -0.3 is 10.6 Å². The number of nitrogens with one attached hydrogen (secondary N) is 2. The fourth-order valence-corrected chi connectivity index (χ4v) is 2.70. The van der Waals surface area contributed by atoms with Gasteiger partial charge in [-0.25, -0.2) is 15.0 Å². The number of aryl methyl sites for hydroxylation is 1. The minimum atomic E-state index is 0.122. The summed E-state index contributed by atoms with van der Waals surface area (Å²) in [4.78, 5) is 25.7. The molecule has 0 radical (unpaired) electrons. The number of hydrogen-bond acceptors (Lipinski definition) is 6. The van der Waals surface area contributed by atoms with Crippen molar-refractivity contribution >= 4 is 28.9 Å². The van der Waals surface area contributed by atoms with Crippen molar-refractivity contribution in [2.45, 2.75) is 19.8 Å². The summed E-state index contributed by atoms with van der Waals surface area (Å²) in [5, 5.41) is 6.46. The largest absolute Gasteiger partial charge is 0.339 e. The monoisotopic (exact) mass is 345 g/mol. The maximum absolute atomic E-state index is 12.6. The lowest BCUT2D eigenvalue weighted by Crippen LogP contribution is -2.09. The first-order chi connectivity index (χ1) is 12.7. The molecule has 0 spiro atoms. The van der Waals surface area contributed by atoms with Crippen LogP contribution in [0.15, 0.2) is 55.0 Å². The van der Waals surface area contributed by atoms with Crippen molar-refractivity contribution < 1.29 is 4.79 Å². The van der Waals surface area contributed by atoms with Crippen molar-refractivity contribution in [3.8, 4) is 0 Å². The van der Waals surface area contributed by atoms with Gasteiger partial charge in [0.1, 0.15) is 17.5 Å². The van der Waals surface area contributed by atoms with Crippen molar-refractivity contribution in [1.29, 1.82) is 0 Å². The Morgan fingerprint density at radius 3 is 2.58 bits per heavy atom. The summed E-state index contributed by atoms with van der Waals surface area (Å²) in [7, 11) is 0. The number of pyridine rings is 3. The Morgan fingerprint density at radius 1 is 1.00 bits per heavy atom. The van der Waals surface area contributed by atoms with E-state index in [0.29, 0.717) is 22.9 Å². The Bertz CT molecular complexity index is 938. The van der Waals surface area contributed by atoms with E-state index in [2.05, 4.69) is 25.6 Å². The van der Waals surface area contributed by atoms with Gasteiger partial charge in [-0.05, 0) is 43.5 Å². The third-order valence-corrected chi connectivity index (χ3v) is 4.30. The number of Topliss-reactive ketones (excluding diaryl/α,β-unsaturated/α-hetero) is 1. The summed E-state index contributed by atoms with van der Waals surface area (Å²) in [6, 6.07) is 11.3. The highest BCUT2D eigenvalue weighted by Crippen LogP contribution is 2.36. The highest BCUT2D eigenvalue weighted by Gasteiger charge is 2.32. The van der Waals surface area contributed by atoms with E-state index < -0.39 is 0 Å². The minimum absolute atomic E-state index is 0.122. The van der Waals surface area contributed by atoms with Crippen molar-refractivity contribution in [3.05, 3.63) is 66.1 Å². The van der Waals surface area contributed by atoms with Gasteiger partial charge in [-0.2, -0.15) is 0 Å². The van der Waals surface area contributed by atoms with Crippen LogP contribution >= 0.6 is 0 Å². The fraction of sp³-hybridized carbons (Fsp3) is 0.200. The maximum Gasteiger partial charge on any atom is 0.169 e. The minimum Gasteiger partial charge on any atom is -0.339 e. The number of anilines is 4. The maximum atomic E-state index is 12.6. The molecule has 1 aliphatic carbocycles. The van der Waals surface area contributed by atoms with Gasteiger partial charge in [-0.15, -0.1) is 0 Å². The molecule has 3 heterocycles. The predicted molar refractivity (Wildman–Crippen MR) is 101 cm³/mol. The molecule has 6 nitrogen and oxygen atoms in total. The van der Waals surface area contributed by atoms with E-state index in [9.17, 15) is 4.79 Å². The number of rotatable bonds is 6. The van der Waals surface area contributed by atoms with Crippen LogP contribution in [0.4, 0.5) is 23.1 Å². The zero-order chi connectivity index (χ0) is 17.9. The number of ketones is 1. The molecule has 1 fully saturated rings. The summed E-state index contributed by atoms with van der Waals surface area (Å²) < 4.78 is 0. The molecule has 0 unspecified atom stereocenters. The smallest absolute Gasteiger partial charge is 0.169 e. The van der Waals surface area contributed by atoms with Crippen LogP contribution in [-0.4, -0.2) is 20.7 Å². The Balaban J connectivity index is 1.68. The quantitative estimate of drug-likeness (QED) is 0.650. The lowest BCUT2D eigenvalue weighted by molar-refractivity contribution is 0.0968. The molecule has 1 aliphatic rings. The summed E-state index contributed by atoms with van der Waals surface area (Å²) in [5.41, 5.74) is 2.31. The van der Waals surface area contributed by atoms with E-state index in [0.717, 1.165) is 24.2 Å². The Hall–Kier alpha value is -3.28. The van der Waals surface area contributed by atoms with Gasteiger partial charge in [-0.3, -0.25) is 4.79 Å². The number of nitrogens with zero attached hydrogens (tertiary/aromatic N) is 3. The van der Waals surface area contributed by atoms with Crippen molar-refractivity contribution in [2.75, 3.05) is 10.6 Å². The summed E-state index contributed by atoms with van der Waals surface area (Å²) >= 11 is 0. The predicted octanol–water partition coefficient (Wildman–Crippen LogP) is 4.26. The third kappa shape index (κ3) is 3.54. The fourth-order valence-electron chi connectivity index (χ4n) is 2.70. The molecule has 3 aromatic heterocycles. The average Bonchev–Trinajstić information content (AvgIpc) is 3.49. The molecular formula is C20H19N5O. The van der Waals surface area contributed by atoms with Crippen LogP contribution < -0.4 is 10.6 Å². The third-order valence-electron chi connectivity index (χ3n) is 4.30. The first-order valence-corrected chi connectivity index (χ1v) is 8.61. The van der Waals surface area contributed by atoms with Gasteiger partial charge in [0.05, 0.1) is 11.3 Å². The molecule has 1 saturated carbocycles. The second kappa shape index (κ2) is 6.92. The van der Waals surface area contributed by atoms with Crippen LogP contribution in [0.25, 0.3) is 0 Å². The lowest BCUT2D eigenvalue weighted by atomic mass is 10.1. The van der Waals surface area contributed by atoms with Crippen LogP contribution in [0, 0.1) is 12.8 Å². The van der Waals surface area contributed by atoms with Gasteiger partial charge in [0.25, 0.3) is 0 Å². The SMILES string of the molecule is Cc1cccnc1Nc1cc(Nc2ccccn2)ncc1C(=O)C1CC1. The van der Waals surface area contributed by atoms with Gasteiger partial charge in [0.2, 0.25) is 0 Å². The van der Waals surface area contributed by atoms with E-state index >= 15 is 0 Å². The van der Waals surface area contributed by atoms with E-state index in [1.54, 1.807) is 18.6 Å². The van der Waals surface area contributed by atoms with E-state index in [1.807, 2.05) is 43.3 Å². The van der Waals surface area contributed by atoms with Gasteiger partial charge >= 0.3 is 0 Å². The molecule has 2 N–H and O–H groups in total. The first-order valence-electron chi connectivity index (χ1n) is 8.61. The standard InChI is InChI=1S/C20H19N5O/c1-13-5-4-10-22-20(13)24-16-11-18(25-17-6-2-3-9-21-17)23-12-15(16)19(26)14-7-8-14/h2-6,9-12,14H,7-8H2,1H3,(H2,21,22,23,24,25). The number of aromatic nitrogens is 3. The van der Waals surface area contributed by atoms with Crippen LogP contribution in [0.1, 0.15) is 28.8 Å². The molecular weight excluding hydrogens is 326 g/mol. The molecule has 0 aliphatic heterocycles. The van der Waals surface area contributed by atoms with Crippen LogP contribution in [0.2, 0.25) is 0 Å². The van der Waals surface area contributed by atoms with Gasteiger partial charge in [-0.1, -0.05) is 12.1 Å². The second-order valence-electron chi connectivity index (χ2n) is 6.39. The highest BCUT2D eigenvalue weighted by atomic mass is 16.1. The second-order valence-corrected chi connectivity index (χ2v) is 6.39. The van der Waals surface area contributed by atoms with Crippen molar-refractivity contribution in [1.82, 2.24) is 15.0 Å². The number of carbonyl (C=O) groups excluding carboxylic acids is 1. The molecule has 4 rings (SSSR count). The molecule has 0 aromatic carbocycles. The molecule has 26 heavy (non-hydrogen) atoms. The molecule has 0 saturated heterocycles. The van der Waals surface area contributed by atoms with Crippen LogP contribution in [-0.2, 0) is 0 Å². The van der Waals surface area contributed by atoms with Crippen molar-refractivity contribution in [3.63, 3.8) is 0 Å². The van der Waals surface area contributed by atoms with Crippen LogP contribution in [0.3, 0.4) is 0 Å². The lowest BCUT2D eigenvalue weighted by Gasteiger charge is -2.14. The molecule has 6 heteroatoms. The summed E-state index contributed by atoms with van der Waals surface area (Å²) in [5.74, 6) is 2.30. The Kier molecular flexibility index (Phi) is 4.31. The molecule has 0 bridgehead atoms. The Morgan fingerprint density at radius 2 is 1.85 bits per heavy atom.